The van der Waals surface area contributed by atoms with Gasteiger partial charge in [0.1, 0.15) is 0 Å². The number of urea groups is 1. The smallest absolute Gasteiger partial charge is 0.321 e. The van der Waals surface area contributed by atoms with Gasteiger partial charge in [0, 0.05) is 25.0 Å². The van der Waals surface area contributed by atoms with Gasteiger partial charge in [-0.15, -0.1) is 0 Å². The van der Waals surface area contributed by atoms with E-state index in [9.17, 15) is 4.79 Å². The summed E-state index contributed by atoms with van der Waals surface area (Å²) in [6, 6.07) is -0.0310. The van der Waals surface area contributed by atoms with Crippen LogP contribution in [0.2, 0.25) is 0 Å². The maximum atomic E-state index is 10.9. The molecule has 0 saturated heterocycles. The number of amides is 2. The zero-order valence-corrected chi connectivity index (χ0v) is 6.47. The van der Waals surface area contributed by atoms with Crippen LogP contribution in [0.3, 0.4) is 0 Å². The largest absolute Gasteiger partial charge is 0.334 e. The maximum Gasteiger partial charge on any atom is 0.321 e. The van der Waals surface area contributed by atoms with Gasteiger partial charge < -0.3 is 10.2 Å². The van der Waals surface area contributed by atoms with Crippen LogP contribution in [-0.2, 0) is 0 Å². The van der Waals surface area contributed by atoms with Crippen LogP contribution in [0.25, 0.3) is 0 Å². The minimum atomic E-state index is -0.0310. The predicted molar refractivity (Wildman–Crippen MR) is 43.1 cm³/mol. The van der Waals surface area contributed by atoms with Crippen molar-refractivity contribution in [1.82, 2.24) is 10.2 Å². The Morgan fingerprint density at radius 1 is 1.80 bits per heavy atom. The van der Waals surface area contributed by atoms with Gasteiger partial charge in [-0.3, -0.25) is 0 Å². The number of carbonyl (C=O) groups is 1. The van der Waals surface area contributed by atoms with Gasteiger partial charge >= 0.3 is 6.03 Å². The summed E-state index contributed by atoms with van der Waals surface area (Å²) in [7, 11) is 0. The first-order valence-electron chi connectivity index (χ1n) is 3.16. The summed E-state index contributed by atoms with van der Waals surface area (Å²) < 4.78 is 0. The third-order valence-electron chi connectivity index (χ3n) is 1.26. The van der Waals surface area contributed by atoms with Crippen molar-refractivity contribution in [3.05, 3.63) is 12.3 Å². The Hall–Kier alpha value is -0.640. The second-order valence-corrected chi connectivity index (χ2v) is 2.44. The van der Waals surface area contributed by atoms with E-state index >= 15 is 0 Å². The van der Waals surface area contributed by atoms with Crippen LogP contribution < -0.4 is 5.32 Å². The molecule has 0 aromatic heterocycles. The van der Waals surface area contributed by atoms with Gasteiger partial charge in [-0.05, 0) is 6.08 Å². The summed E-state index contributed by atoms with van der Waals surface area (Å²) in [6.07, 6.45) is 3.69. The molecule has 1 heterocycles. The van der Waals surface area contributed by atoms with E-state index in [2.05, 4.69) is 17.9 Å². The molecule has 4 heteroatoms. The predicted octanol–water partition coefficient (Wildman–Crippen LogP) is 0.455. The summed E-state index contributed by atoms with van der Waals surface area (Å²) in [5, 5.41) is 2.68. The molecular weight excluding hydrogens is 148 g/mol. The number of hydrogen-bond donors (Lipinski definition) is 2. The monoisotopic (exact) mass is 158 g/mol. The summed E-state index contributed by atoms with van der Waals surface area (Å²) in [5.74, 6) is 0.692. The number of thiol groups is 1. The molecule has 1 N–H and O–H groups in total. The standard InChI is InChI=1S/C6H10N2OS/c9-6-7-2-1-3-8(6)4-5-10/h1,3,10H,2,4-5H2,(H,7,9). The lowest BCUT2D eigenvalue weighted by atomic mass is 10.4. The Labute approximate surface area is 65.5 Å². The molecule has 1 aliphatic rings. The summed E-state index contributed by atoms with van der Waals surface area (Å²) >= 11 is 4.02. The fourth-order valence-electron chi connectivity index (χ4n) is 0.779. The van der Waals surface area contributed by atoms with Crippen LogP contribution in [0.5, 0.6) is 0 Å². The van der Waals surface area contributed by atoms with Crippen molar-refractivity contribution in [2.75, 3.05) is 18.8 Å². The molecule has 10 heavy (non-hydrogen) atoms. The highest BCUT2D eigenvalue weighted by atomic mass is 32.1. The molecule has 0 atom stereocenters. The summed E-state index contributed by atoms with van der Waals surface area (Å²) in [6.45, 7) is 1.31. The number of rotatable bonds is 2. The van der Waals surface area contributed by atoms with E-state index in [4.69, 9.17) is 0 Å². The van der Waals surface area contributed by atoms with Gasteiger partial charge in [-0.25, -0.2) is 4.79 Å². The van der Waals surface area contributed by atoms with E-state index < -0.39 is 0 Å². The molecule has 2 amide bonds. The molecule has 0 aromatic carbocycles. The first-order valence-corrected chi connectivity index (χ1v) is 3.80. The Balaban J connectivity index is 2.47. The molecule has 0 bridgehead atoms. The van der Waals surface area contributed by atoms with Gasteiger partial charge in [0.05, 0.1) is 0 Å². The Morgan fingerprint density at radius 2 is 2.60 bits per heavy atom. The number of nitrogens with one attached hydrogen (secondary N) is 1. The highest BCUT2D eigenvalue weighted by Crippen LogP contribution is 1.96. The van der Waals surface area contributed by atoms with E-state index in [1.165, 1.54) is 0 Å². The van der Waals surface area contributed by atoms with Crippen LogP contribution in [0.4, 0.5) is 4.79 Å². The molecule has 1 aliphatic heterocycles. The molecule has 56 valence electrons. The zero-order valence-electron chi connectivity index (χ0n) is 5.58. The van der Waals surface area contributed by atoms with Crippen LogP contribution in [0.1, 0.15) is 0 Å². The lowest BCUT2D eigenvalue weighted by Crippen LogP contribution is -2.40. The normalized spacial score (nSPS) is 17.3. The van der Waals surface area contributed by atoms with Crippen molar-refractivity contribution < 1.29 is 4.79 Å². The molecule has 0 unspecified atom stereocenters. The van der Waals surface area contributed by atoms with E-state index in [1.54, 1.807) is 11.1 Å². The lowest BCUT2D eigenvalue weighted by Gasteiger charge is -2.20. The Bertz CT molecular complexity index is 158. The molecule has 1 rings (SSSR count). The van der Waals surface area contributed by atoms with Crippen LogP contribution in [-0.4, -0.2) is 29.8 Å². The fourth-order valence-corrected chi connectivity index (χ4v) is 0.995. The highest BCUT2D eigenvalue weighted by molar-refractivity contribution is 7.80. The fraction of sp³-hybridized carbons (Fsp3) is 0.500. The van der Waals surface area contributed by atoms with Gasteiger partial charge in [-0.1, -0.05) is 0 Å². The van der Waals surface area contributed by atoms with E-state index in [0.717, 1.165) is 0 Å². The van der Waals surface area contributed by atoms with Crippen LogP contribution in [0, 0.1) is 0 Å². The average molecular weight is 158 g/mol. The second-order valence-electron chi connectivity index (χ2n) is 1.99. The molecule has 0 aromatic rings. The van der Waals surface area contributed by atoms with Crippen LogP contribution in [0.15, 0.2) is 12.3 Å². The van der Waals surface area contributed by atoms with Crippen molar-refractivity contribution in [1.29, 1.82) is 0 Å². The highest BCUT2D eigenvalue weighted by Gasteiger charge is 2.10. The maximum absolute atomic E-state index is 10.9. The molecule has 0 radical (unpaired) electrons. The van der Waals surface area contributed by atoms with E-state index in [-0.39, 0.29) is 6.03 Å². The number of nitrogens with zero attached hydrogens (tertiary/aromatic N) is 1. The van der Waals surface area contributed by atoms with E-state index in [0.29, 0.717) is 18.8 Å². The Morgan fingerprint density at radius 3 is 3.20 bits per heavy atom. The first kappa shape index (κ1) is 7.47. The van der Waals surface area contributed by atoms with Crippen molar-refractivity contribution in [2.24, 2.45) is 0 Å². The van der Waals surface area contributed by atoms with Crippen molar-refractivity contribution in [3.63, 3.8) is 0 Å². The molecule has 0 fully saturated rings. The zero-order chi connectivity index (χ0) is 7.40. The van der Waals surface area contributed by atoms with Crippen molar-refractivity contribution in [2.45, 2.75) is 0 Å². The average Bonchev–Trinajstić information content (AvgIpc) is 1.94. The van der Waals surface area contributed by atoms with Crippen molar-refractivity contribution >= 4 is 18.7 Å². The lowest BCUT2D eigenvalue weighted by molar-refractivity contribution is 0.216. The Kier molecular flexibility index (Phi) is 2.62. The van der Waals surface area contributed by atoms with Gasteiger partial charge in [0.25, 0.3) is 0 Å². The van der Waals surface area contributed by atoms with Gasteiger partial charge in [-0.2, -0.15) is 12.6 Å². The minimum absolute atomic E-state index is 0.0310. The third kappa shape index (κ3) is 1.67. The molecular formula is C6H10N2OS. The minimum Gasteiger partial charge on any atom is -0.334 e. The quantitative estimate of drug-likeness (QED) is 0.562. The summed E-state index contributed by atoms with van der Waals surface area (Å²) in [5.41, 5.74) is 0. The van der Waals surface area contributed by atoms with Gasteiger partial charge in [0.2, 0.25) is 0 Å². The van der Waals surface area contributed by atoms with E-state index in [1.807, 2.05) is 6.08 Å². The van der Waals surface area contributed by atoms with Crippen LogP contribution >= 0.6 is 12.6 Å². The SMILES string of the molecule is O=C1NCC=CN1CCS. The van der Waals surface area contributed by atoms with Crippen molar-refractivity contribution in [3.8, 4) is 0 Å². The number of hydrogen-bond acceptors (Lipinski definition) is 2. The topological polar surface area (TPSA) is 32.3 Å². The molecule has 0 spiro atoms. The van der Waals surface area contributed by atoms with Gasteiger partial charge in [0.15, 0.2) is 0 Å². The second kappa shape index (κ2) is 3.51. The molecule has 3 nitrogen and oxygen atoms in total. The third-order valence-corrected chi connectivity index (χ3v) is 1.46. The summed E-state index contributed by atoms with van der Waals surface area (Å²) in [4.78, 5) is 12.5. The number of carbonyl (C=O) groups excluding carboxylic acids is 1. The molecule has 0 saturated carbocycles. The first-order chi connectivity index (χ1) is 4.84. The molecule has 0 aliphatic carbocycles.